The Morgan fingerprint density at radius 1 is 1.06 bits per heavy atom. The molecule has 0 saturated heterocycles. The van der Waals surface area contributed by atoms with E-state index in [4.69, 9.17) is 30.7 Å². The number of para-hydroxylation sites is 2. The minimum Gasteiger partial charge on any atom is -0.490 e. The number of rotatable bonds is 5. The maximum atomic E-state index is 6.39. The summed E-state index contributed by atoms with van der Waals surface area (Å²) in [4.78, 5) is 9.66. The molecule has 0 aliphatic heterocycles. The van der Waals surface area contributed by atoms with Gasteiger partial charge < -0.3 is 9.15 Å². The van der Waals surface area contributed by atoms with Crippen molar-refractivity contribution in [2.24, 2.45) is 4.99 Å². The van der Waals surface area contributed by atoms with E-state index >= 15 is 0 Å². The quantitative estimate of drug-likeness (QED) is 0.227. The van der Waals surface area contributed by atoms with E-state index in [2.05, 4.69) is 15.9 Å². The average Bonchev–Trinajstić information content (AvgIpc) is 3.31. The number of halogens is 2. The zero-order valence-corrected chi connectivity index (χ0v) is 20.7. The highest BCUT2D eigenvalue weighted by molar-refractivity contribution is 9.10. The fraction of sp³-hybridized carbons (Fsp3) is 0.0769. The van der Waals surface area contributed by atoms with Crippen LogP contribution in [0.3, 0.4) is 0 Å². The molecule has 3 aromatic carbocycles. The zero-order chi connectivity index (χ0) is 22.8. The van der Waals surface area contributed by atoms with Crippen molar-refractivity contribution in [3.05, 3.63) is 93.2 Å². The van der Waals surface area contributed by atoms with Crippen molar-refractivity contribution in [1.82, 2.24) is 4.98 Å². The van der Waals surface area contributed by atoms with E-state index in [9.17, 15) is 0 Å². The van der Waals surface area contributed by atoms with Gasteiger partial charge >= 0.3 is 0 Å². The van der Waals surface area contributed by atoms with Gasteiger partial charge in [-0.2, -0.15) is 0 Å². The Morgan fingerprint density at radius 3 is 2.67 bits per heavy atom. The summed E-state index contributed by atoms with van der Waals surface area (Å²) in [6, 6.07) is 23.4. The van der Waals surface area contributed by atoms with Crippen LogP contribution in [0.15, 0.2) is 92.1 Å². The molecule has 0 amide bonds. The zero-order valence-electron chi connectivity index (χ0n) is 17.6. The van der Waals surface area contributed by atoms with Gasteiger partial charge in [0.1, 0.15) is 5.01 Å². The monoisotopic (exact) mass is 536 g/mol. The largest absolute Gasteiger partial charge is 0.490 e. The Balaban J connectivity index is 1.72. The molecule has 4 nitrogen and oxygen atoms in total. The molecular formula is C26H18BrClN2O2S. The van der Waals surface area contributed by atoms with Gasteiger partial charge in [0.25, 0.3) is 0 Å². The number of ether oxygens (including phenoxy) is 1. The predicted molar refractivity (Wildman–Crippen MR) is 138 cm³/mol. The van der Waals surface area contributed by atoms with E-state index in [1.54, 1.807) is 11.3 Å². The maximum Gasteiger partial charge on any atom is 0.230 e. The molecular weight excluding hydrogens is 520 g/mol. The van der Waals surface area contributed by atoms with Crippen LogP contribution < -0.4 is 10.3 Å². The summed E-state index contributed by atoms with van der Waals surface area (Å²) >= 11 is 11.4. The second kappa shape index (κ2) is 9.51. The summed E-state index contributed by atoms with van der Waals surface area (Å²) in [5, 5.41) is 4.31. The molecule has 2 aromatic heterocycles. The SMILES string of the molecule is CCOc1cccc2cc(-c3nc(-c4ccc(Br)cc4)cs3)c(=Nc3ccccc3Cl)oc12. The Bertz CT molecular complexity index is 1510. The molecule has 0 bridgehead atoms. The van der Waals surface area contributed by atoms with Gasteiger partial charge in [0.05, 0.1) is 28.6 Å². The van der Waals surface area contributed by atoms with Crippen molar-refractivity contribution in [2.75, 3.05) is 6.61 Å². The van der Waals surface area contributed by atoms with Gasteiger partial charge in [0, 0.05) is 20.8 Å². The van der Waals surface area contributed by atoms with Crippen LogP contribution in [0, 0.1) is 0 Å². The summed E-state index contributed by atoms with van der Waals surface area (Å²) in [6.07, 6.45) is 0. The van der Waals surface area contributed by atoms with Crippen LogP contribution in [-0.2, 0) is 0 Å². The third-order valence-electron chi connectivity index (χ3n) is 4.99. The van der Waals surface area contributed by atoms with E-state index in [1.807, 2.05) is 85.1 Å². The van der Waals surface area contributed by atoms with Gasteiger partial charge in [-0.1, -0.05) is 63.9 Å². The van der Waals surface area contributed by atoms with Crippen molar-refractivity contribution in [3.8, 4) is 27.6 Å². The van der Waals surface area contributed by atoms with Crippen LogP contribution in [0.2, 0.25) is 5.02 Å². The minimum atomic E-state index is 0.430. The first-order valence-corrected chi connectivity index (χ1v) is 12.4. The first-order valence-electron chi connectivity index (χ1n) is 10.3. The number of hydrogen-bond donors (Lipinski definition) is 0. The summed E-state index contributed by atoms with van der Waals surface area (Å²) in [7, 11) is 0. The lowest BCUT2D eigenvalue weighted by molar-refractivity contribution is 0.337. The molecule has 0 radical (unpaired) electrons. The van der Waals surface area contributed by atoms with Gasteiger partial charge in [-0.15, -0.1) is 11.3 Å². The second-order valence-corrected chi connectivity index (χ2v) is 9.36. The van der Waals surface area contributed by atoms with Crippen molar-refractivity contribution >= 4 is 55.5 Å². The molecule has 0 fully saturated rings. The van der Waals surface area contributed by atoms with Gasteiger partial charge in [-0.05, 0) is 43.3 Å². The van der Waals surface area contributed by atoms with Crippen LogP contribution in [0.25, 0.3) is 32.8 Å². The molecule has 33 heavy (non-hydrogen) atoms. The normalized spacial score (nSPS) is 11.8. The van der Waals surface area contributed by atoms with Gasteiger partial charge in [-0.3, -0.25) is 0 Å². The third-order valence-corrected chi connectivity index (χ3v) is 6.71. The first-order chi connectivity index (χ1) is 16.1. The highest BCUT2D eigenvalue weighted by atomic mass is 79.9. The number of nitrogens with zero attached hydrogens (tertiary/aromatic N) is 2. The second-order valence-electron chi connectivity index (χ2n) is 7.18. The molecule has 0 N–H and O–H groups in total. The Morgan fingerprint density at radius 2 is 1.88 bits per heavy atom. The van der Waals surface area contributed by atoms with Gasteiger partial charge in [0.2, 0.25) is 5.55 Å². The summed E-state index contributed by atoms with van der Waals surface area (Å²) in [6.45, 7) is 2.48. The summed E-state index contributed by atoms with van der Waals surface area (Å²) in [5.41, 5.74) is 4.43. The Labute approximate surface area is 208 Å². The molecule has 7 heteroatoms. The topological polar surface area (TPSA) is 47.6 Å². The lowest BCUT2D eigenvalue weighted by Crippen LogP contribution is -2.06. The number of aromatic nitrogens is 1. The third kappa shape index (κ3) is 4.60. The van der Waals surface area contributed by atoms with Gasteiger partial charge in [-0.25, -0.2) is 9.98 Å². The van der Waals surface area contributed by atoms with Crippen LogP contribution in [0.4, 0.5) is 5.69 Å². The molecule has 0 unspecified atom stereocenters. The number of hydrogen-bond acceptors (Lipinski definition) is 5. The highest BCUT2D eigenvalue weighted by Gasteiger charge is 2.15. The smallest absolute Gasteiger partial charge is 0.230 e. The summed E-state index contributed by atoms with van der Waals surface area (Å²) < 4.78 is 13.1. The average molecular weight is 538 g/mol. The fourth-order valence-corrected chi connectivity index (χ4v) is 4.71. The Kier molecular flexibility index (Phi) is 6.31. The number of benzene rings is 3. The fourth-order valence-electron chi connectivity index (χ4n) is 3.43. The van der Waals surface area contributed by atoms with E-state index in [0.717, 1.165) is 31.7 Å². The van der Waals surface area contributed by atoms with Crippen LogP contribution in [0.5, 0.6) is 5.75 Å². The lowest BCUT2D eigenvalue weighted by Gasteiger charge is -2.08. The number of fused-ring (bicyclic) bond motifs is 1. The van der Waals surface area contributed by atoms with E-state index in [1.165, 1.54) is 0 Å². The number of thiazole rings is 1. The van der Waals surface area contributed by atoms with Gasteiger partial charge in [0.15, 0.2) is 11.3 Å². The van der Waals surface area contributed by atoms with Crippen molar-refractivity contribution in [2.45, 2.75) is 6.92 Å². The molecule has 2 heterocycles. The highest BCUT2D eigenvalue weighted by Crippen LogP contribution is 2.32. The standard InChI is InChI=1S/C26H18BrClN2O2S/c1-2-31-23-9-5-6-17-14-19(25(32-24(17)23)29-21-8-4-3-7-20(21)28)26-30-22(15-33-26)16-10-12-18(27)13-11-16/h3-15H,2H2,1H3. The Hall–Kier alpha value is -2.93. The molecule has 0 spiro atoms. The minimum absolute atomic E-state index is 0.430. The maximum absolute atomic E-state index is 6.39. The molecule has 0 aliphatic carbocycles. The van der Waals surface area contributed by atoms with Crippen LogP contribution in [0.1, 0.15) is 6.92 Å². The van der Waals surface area contributed by atoms with E-state index in [-0.39, 0.29) is 0 Å². The first kappa shape index (κ1) is 21.9. The molecule has 0 saturated carbocycles. The molecule has 164 valence electrons. The molecule has 0 aliphatic rings. The molecule has 0 atom stereocenters. The van der Waals surface area contributed by atoms with Crippen LogP contribution in [-0.4, -0.2) is 11.6 Å². The lowest BCUT2D eigenvalue weighted by atomic mass is 10.1. The van der Waals surface area contributed by atoms with E-state index in [0.29, 0.717) is 34.2 Å². The van der Waals surface area contributed by atoms with Crippen LogP contribution >= 0.6 is 38.9 Å². The predicted octanol–water partition coefficient (Wildman–Crippen LogP) is 8.27. The van der Waals surface area contributed by atoms with Crippen molar-refractivity contribution in [1.29, 1.82) is 0 Å². The van der Waals surface area contributed by atoms with Crippen molar-refractivity contribution < 1.29 is 9.15 Å². The molecule has 5 rings (SSSR count). The summed E-state index contributed by atoms with van der Waals surface area (Å²) in [5.74, 6) is 0.673. The molecule has 5 aromatic rings. The van der Waals surface area contributed by atoms with E-state index < -0.39 is 0 Å². The van der Waals surface area contributed by atoms with Crippen molar-refractivity contribution in [3.63, 3.8) is 0 Å².